The van der Waals surface area contributed by atoms with E-state index in [9.17, 15) is 4.79 Å². The molecule has 3 aromatic rings. The van der Waals surface area contributed by atoms with Gasteiger partial charge in [-0.3, -0.25) is 4.79 Å². The molecule has 4 atom stereocenters. The van der Waals surface area contributed by atoms with Gasteiger partial charge in [-0.1, -0.05) is 113 Å². The lowest BCUT2D eigenvalue weighted by Crippen LogP contribution is -2.71. The molecule has 2 aliphatic heterocycles. The summed E-state index contributed by atoms with van der Waals surface area (Å²) in [6.45, 7) is 12.7. The molecule has 0 saturated carbocycles. The van der Waals surface area contributed by atoms with Crippen molar-refractivity contribution in [1.29, 1.82) is 0 Å². The topological polar surface area (TPSA) is 50.4 Å². The number of benzene rings is 3. The van der Waals surface area contributed by atoms with Crippen molar-refractivity contribution >= 4 is 36.4 Å². The molecule has 1 aliphatic carbocycles. The molecule has 0 bridgehead atoms. The first-order chi connectivity index (χ1) is 20.1. The summed E-state index contributed by atoms with van der Waals surface area (Å²) in [5.41, 5.74) is 0.343. The summed E-state index contributed by atoms with van der Waals surface area (Å²) in [5.74, 6) is 0.310. The maximum Gasteiger partial charge on any atom is 0.261 e. The highest BCUT2D eigenvalue weighted by molar-refractivity contribution is 8.00. The Bertz CT molecular complexity index is 1390. The molecule has 6 rings (SSSR count). The number of carbonyl (C=O) groups is 1. The van der Waals surface area contributed by atoms with Crippen molar-refractivity contribution in [3.8, 4) is 0 Å². The minimum atomic E-state index is -2.84. The fourth-order valence-corrected chi connectivity index (χ4v) is 13.9. The van der Waals surface area contributed by atoms with E-state index >= 15 is 0 Å². The number of thioether (sulfide) groups is 1. The first kappa shape index (κ1) is 29.4. The molecule has 3 aromatic carbocycles. The summed E-state index contributed by atoms with van der Waals surface area (Å²) < 4.78 is 7.98. The van der Waals surface area contributed by atoms with Crippen LogP contribution in [0.3, 0.4) is 0 Å². The minimum Gasteiger partial charge on any atom is -0.402 e. The van der Waals surface area contributed by atoms with Crippen LogP contribution in [-0.2, 0) is 9.22 Å². The first-order valence-corrected chi connectivity index (χ1v) is 18.1. The number of nitrogens with one attached hydrogen (secondary N) is 2. The van der Waals surface area contributed by atoms with Gasteiger partial charge < -0.3 is 15.1 Å². The van der Waals surface area contributed by atoms with Gasteiger partial charge in [-0.15, -0.1) is 11.8 Å². The molecule has 0 radical (unpaired) electrons. The van der Waals surface area contributed by atoms with Crippen molar-refractivity contribution in [3.05, 3.63) is 103 Å². The molecule has 2 fully saturated rings. The molecule has 6 heteroatoms. The maximum atomic E-state index is 13.5. The first-order valence-electron chi connectivity index (χ1n) is 15.4. The van der Waals surface area contributed by atoms with Gasteiger partial charge in [-0.2, -0.15) is 0 Å². The van der Waals surface area contributed by atoms with E-state index in [4.69, 9.17) is 4.43 Å². The Morgan fingerprint density at radius 1 is 0.881 bits per heavy atom. The lowest BCUT2D eigenvalue weighted by atomic mass is 9.62. The van der Waals surface area contributed by atoms with Crippen LogP contribution in [0.25, 0.3) is 0 Å². The zero-order valence-corrected chi connectivity index (χ0v) is 27.3. The highest BCUT2D eigenvalue weighted by Crippen LogP contribution is 2.53. The van der Waals surface area contributed by atoms with Gasteiger partial charge in [0.05, 0.1) is 16.9 Å². The number of hydrogen-bond acceptors (Lipinski definition) is 4. The second-order valence-corrected chi connectivity index (χ2v) is 19.4. The highest BCUT2D eigenvalue weighted by atomic mass is 32.2. The summed E-state index contributed by atoms with van der Waals surface area (Å²) >= 11 is 1.85. The summed E-state index contributed by atoms with van der Waals surface area (Å²) in [5, 5.41) is 9.49. The zero-order chi connectivity index (χ0) is 29.6. The van der Waals surface area contributed by atoms with E-state index < -0.39 is 13.9 Å². The number of carbonyl (C=O) groups excluding carboxylic acids is 1. The average molecular weight is 597 g/mol. The number of allylic oxidation sites excluding steroid dienone is 1. The summed E-state index contributed by atoms with van der Waals surface area (Å²) in [6, 6.07) is 32.5. The van der Waals surface area contributed by atoms with E-state index in [1.54, 1.807) is 0 Å². The second kappa shape index (κ2) is 11.1. The van der Waals surface area contributed by atoms with Crippen LogP contribution < -0.4 is 21.0 Å². The lowest BCUT2D eigenvalue weighted by molar-refractivity contribution is -0.131. The van der Waals surface area contributed by atoms with Crippen LogP contribution in [0.2, 0.25) is 5.04 Å². The standard InChI is InChI=1S/C36H44N2O2SSi/c1-34(2,3)42(27-18-11-7-12-19-27,28-20-13-8-14-21-28)40-32-31(41-26-16-9-6-10-17-26)24-30-29(35(32,4)5)25-36(33(39)38-30)22-15-23-37-36/h6-14,16-21,24,29,31-32,37H,15,22-23,25H2,1-5H3,(H,38,39)/t29-,31-,32-,36+/m0/s1. The Kier molecular flexibility index (Phi) is 7.80. The van der Waals surface area contributed by atoms with Crippen LogP contribution >= 0.6 is 11.8 Å². The maximum absolute atomic E-state index is 13.5. The molecule has 1 spiro atoms. The van der Waals surface area contributed by atoms with Gasteiger partial charge >= 0.3 is 0 Å². The largest absolute Gasteiger partial charge is 0.402 e. The van der Waals surface area contributed by atoms with Crippen molar-refractivity contribution in [2.45, 2.75) is 80.7 Å². The third kappa shape index (κ3) is 5.00. The quantitative estimate of drug-likeness (QED) is 0.329. The SMILES string of the molecule is CC1(C)[C@H]2C[C@]3(CCCN3)C(=O)NC2=C[C@H](Sc2ccccc2)[C@@H]1O[Si](c1ccccc1)(c1ccccc1)C(C)(C)C. The van der Waals surface area contributed by atoms with Crippen molar-refractivity contribution in [1.82, 2.24) is 10.6 Å². The van der Waals surface area contributed by atoms with Crippen molar-refractivity contribution in [3.63, 3.8) is 0 Å². The molecule has 0 aromatic heterocycles. The summed E-state index contributed by atoms with van der Waals surface area (Å²) in [4.78, 5) is 14.7. The predicted molar refractivity (Wildman–Crippen MR) is 177 cm³/mol. The van der Waals surface area contributed by atoms with E-state index in [0.717, 1.165) is 31.5 Å². The van der Waals surface area contributed by atoms with Gasteiger partial charge in [0, 0.05) is 16.5 Å². The molecular weight excluding hydrogens is 553 g/mol. The van der Waals surface area contributed by atoms with Gasteiger partial charge in [-0.05, 0) is 64.8 Å². The Morgan fingerprint density at radius 3 is 1.98 bits per heavy atom. The van der Waals surface area contributed by atoms with Crippen LogP contribution in [0.15, 0.2) is 108 Å². The highest BCUT2D eigenvalue weighted by Gasteiger charge is 2.59. The lowest BCUT2D eigenvalue weighted by Gasteiger charge is -2.56. The molecule has 220 valence electrons. The number of fused-ring (bicyclic) bond motifs is 1. The number of hydrogen-bond donors (Lipinski definition) is 2. The molecule has 4 nitrogen and oxygen atoms in total. The van der Waals surface area contributed by atoms with Crippen molar-refractivity contribution in [2.24, 2.45) is 11.3 Å². The zero-order valence-electron chi connectivity index (χ0n) is 25.5. The fourth-order valence-electron chi connectivity index (χ4n) is 7.62. The number of piperidine rings is 1. The number of amides is 1. The molecule has 2 saturated heterocycles. The van der Waals surface area contributed by atoms with E-state index in [1.165, 1.54) is 15.3 Å². The minimum absolute atomic E-state index is 0.0289. The van der Waals surface area contributed by atoms with Gasteiger partial charge in [0.2, 0.25) is 5.91 Å². The molecule has 42 heavy (non-hydrogen) atoms. The molecule has 0 unspecified atom stereocenters. The van der Waals surface area contributed by atoms with Crippen molar-refractivity contribution < 1.29 is 9.22 Å². The van der Waals surface area contributed by atoms with Gasteiger partial charge in [0.25, 0.3) is 8.32 Å². The Morgan fingerprint density at radius 2 is 1.45 bits per heavy atom. The van der Waals surface area contributed by atoms with E-state index in [0.29, 0.717) is 0 Å². The Balaban J connectivity index is 1.52. The van der Waals surface area contributed by atoms with E-state index in [-0.39, 0.29) is 33.6 Å². The van der Waals surface area contributed by atoms with E-state index in [2.05, 4.69) is 142 Å². The van der Waals surface area contributed by atoms with Crippen LogP contribution in [-0.4, -0.2) is 37.7 Å². The van der Waals surface area contributed by atoms with Crippen molar-refractivity contribution in [2.75, 3.05) is 6.54 Å². The number of rotatable bonds is 6. The van der Waals surface area contributed by atoms with E-state index in [1.807, 2.05) is 11.8 Å². The van der Waals surface area contributed by atoms with Crippen LogP contribution in [0.1, 0.15) is 53.9 Å². The summed E-state index contributed by atoms with van der Waals surface area (Å²) in [7, 11) is -2.84. The predicted octanol–water partition coefficient (Wildman–Crippen LogP) is 6.27. The molecule has 2 heterocycles. The molecular formula is C36H44N2O2SSi. The van der Waals surface area contributed by atoms with Crippen LogP contribution in [0, 0.1) is 11.3 Å². The smallest absolute Gasteiger partial charge is 0.261 e. The van der Waals surface area contributed by atoms with Gasteiger partial charge in [0.1, 0.15) is 0 Å². The monoisotopic (exact) mass is 596 g/mol. The summed E-state index contributed by atoms with van der Waals surface area (Å²) in [6.07, 6.45) is 4.97. The second-order valence-electron chi connectivity index (χ2n) is 13.9. The van der Waals surface area contributed by atoms with Gasteiger partial charge in [-0.25, -0.2) is 0 Å². The Hall–Kier alpha value is -2.64. The average Bonchev–Trinajstić information content (AvgIpc) is 3.45. The fraction of sp³-hybridized carbons (Fsp3) is 0.417. The third-order valence-electron chi connectivity index (χ3n) is 9.87. The molecule has 3 aliphatic rings. The molecule has 2 N–H and O–H groups in total. The van der Waals surface area contributed by atoms with Gasteiger partial charge in [0.15, 0.2) is 0 Å². The third-order valence-corrected chi connectivity index (χ3v) is 16.1. The Labute approximate surface area is 256 Å². The van der Waals surface area contributed by atoms with Crippen LogP contribution in [0.4, 0.5) is 0 Å². The molecule has 1 amide bonds. The normalized spacial score (nSPS) is 27.3. The van der Waals surface area contributed by atoms with Crippen LogP contribution in [0.5, 0.6) is 0 Å².